The summed E-state index contributed by atoms with van der Waals surface area (Å²) in [6.07, 6.45) is 1.64. The molecule has 0 bridgehead atoms. The smallest absolute Gasteiger partial charge is 0.128 e. The highest BCUT2D eigenvalue weighted by atomic mass is 16.3. The highest BCUT2D eigenvalue weighted by Crippen LogP contribution is 2.09. The Bertz CT molecular complexity index is 173. The monoisotopic (exact) mass is 168 g/mol. The van der Waals surface area contributed by atoms with Crippen LogP contribution in [-0.2, 0) is 0 Å². The lowest BCUT2D eigenvalue weighted by Gasteiger charge is -1.86. The van der Waals surface area contributed by atoms with Crippen molar-refractivity contribution in [3.63, 3.8) is 0 Å². The Labute approximate surface area is 76.1 Å². The van der Waals surface area contributed by atoms with Crippen molar-refractivity contribution in [1.82, 2.24) is 0 Å². The second-order valence-corrected chi connectivity index (χ2v) is 1.76. The first-order valence-corrected chi connectivity index (χ1v) is 4.50. The van der Waals surface area contributed by atoms with Gasteiger partial charge in [-0.1, -0.05) is 34.3 Å². The van der Waals surface area contributed by atoms with Crippen LogP contribution in [0.15, 0.2) is 29.4 Å². The molecule has 1 heterocycles. The first kappa shape index (κ1) is 13.6. The lowest BCUT2D eigenvalue weighted by molar-refractivity contribution is 0.553. The van der Waals surface area contributed by atoms with Crippen LogP contribution in [0.2, 0.25) is 0 Å². The fraction of sp³-hybridized carbons (Fsp3) is 0.455. The molecule has 0 spiro atoms. The van der Waals surface area contributed by atoms with Crippen molar-refractivity contribution in [2.75, 3.05) is 0 Å². The van der Waals surface area contributed by atoms with E-state index in [1.165, 1.54) is 0 Å². The number of rotatable bonds is 1. The molecule has 1 rings (SSSR count). The normalized spacial score (nSPS) is 7.08. The van der Waals surface area contributed by atoms with Crippen LogP contribution in [0.3, 0.4) is 0 Å². The molecule has 0 aliphatic carbocycles. The van der Waals surface area contributed by atoms with Gasteiger partial charge in [0.05, 0.1) is 6.26 Å². The average molecular weight is 168 g/mol. The molecule has 1 aromatic rings. The van der Waals surface area contributed by atoms with Crippen LogP contribution < -0.4 is 0 Å². The molecule has 0 amide bonds. The second kappa shape index (κ2) is 10.0. The maximum atomic E-state index is 5.00. The highest BCUT2D eigenvalue weighted by Gasteiger charge is 1.90. The van der Waals surface area contributed by atoms with Gasteiger partial charge < -0.3 is 4.42 Å². The van der Waals surface area contributed by atoms with E-state index < -0.39 is 0 Å². The van der Waals surface area contributed by atoms with Crippen molar-refractivity contribution >= 4 is 5.57 Å². The van der Waals surface area contributed by atoms with E-state index in [2.05, 4.69) is 6.58 Å². The predicted octanol–water partition coefficient (Wildman–Crippen LogP) is 4.37. The molecule has 1 heteroatoms. The molecule has 0 aromatic carbocycles. The van der Waals surface area contributed by atoms with E-state index in [9.17, 15) is 0 Å². The summed E-state index contributed by atoms with van der Waals surface area (Å²) in [6, 6.07) is 3.74. The highest BCUT2D eigenvalue weighted by molar-refractivity contribution is 5.55. The second-order valence-electron chi connectivity index (χ2n) is 1.76. The van der Waals surface area contributed by atoms with Crippen molar-refractivity contribution in [2.45, 2.75) is 34.6 Å². The van der Waals surface area contributed by atoms with Gasteiger partial charge in [0.25, 0.3) is 0 Å². The summed E-state index contributed by atoms with van der Waals surface area (Å²) < 4.78 is 5.00. The Kier molecular flexibility index (Phi) is 11.4. The molecule has 1 nitrogen and oxygen atoms in total. The molecule has 12 heavy (non-hydrogen) atoms. The molecular weight excluding hydrogens is 148 g/mol. The average Bonchev–Trinajstić information content (AvgIpc) is 2.64. The maximum Gasteiger partial charge on any atom is 0.128 e. The molecule has 0 radical (unpaired) electrons. The Morgan fingerprint density at radius 3 is 1.92 bits per heavy atom. The fourth-order valence-corrected chi connectivity index (χ4v) is 0.521. The zero-order chi connectivity index (χ0) is 9.98. The quantitative estimate of drug-likeness (QED) is 0.607. The summed E-state index contributed by atoms with van der Waals surface area (Å²) in [5.74, 6) is 0.866. The Balaban J connectivity index is 0. The Morgan fingerprint density at radius 1 is 1.25 bits per heavy atom. The molecular formula is C11H20O. The molecule has 0 saturated carbocycles. The molecule has 0 atom stereocenters. The van der Waals surface area contributed by atoms with Gasteiger partial charge in [0, 0.05) is 0 Å². The van der Waals surface area contributed by atoms with Crippen molar-refractivity contribution in [2.24, 2.45) is 0 Å². The number of furan rings is 1. The third kappa shape index (κ3) is 5.78. The van der Waals surface area contributed by atoms with E-state index in [1.54, 1.807) is 6.26 Å². The van der Waals surface area contributed by atoms with Crippen LogP contribution in [0.4, 0.5) is 0 Å². The molecule has 70 valence electrons. The van der Waals surface area contributed by atoms with E-state index in [4.69, 9.17) is 4.42 Å². The van der Waals surface area contributed by atoms with Crippen molar-refractivity contribution in [3.8, 4) is 0 Å². The van der Waals surface area contributed by atoms with Crippen LogP contribution >= 0.6 is 0 Å². The zero-order valence-electron chi connectivity index (χ0n) is 8.85. The minimum Gasteiger partial charge on any atom is -0.465 e. The molecule has 0 aliphatic rings. The van der Waals surface area contributed by atoms with Gasteiger partial charge in [-0.05, 0) is 24.6 Å². The third-order valence-electron chi connectivity index (χ3n) is 0.942. The van der Waals surface area contributed by atoms with Gasteiger partial charge >= 0.3 is 0 Å². The molecule has 0 aliphatic heterocycles. The van der Waals surface area contributed by atoms with Crippen LogP contribution in [0.25, 0.3) is 5.57 Å². The predicted molar refractivity (Wildman–Crippen MR) is 56.1 cm³/mol. The van der Waals surface area contributed by atoms with Crippen molar-refractivity contribution < 1.29 is 4.42 Å². The van der Waals surface area contributed by atoms with Gasteiger partial charge in [-0.25, -0.2) is 0 Å². The van der Waals surface area contributed by atoms with E-state index in [-0.39, 0.29) is 0 Å². The minimum absolute atomic E-state index is 0.866. The molecule has 1 aromatic heterocycles. The standard InChI is InChI=1S/C7H8O.2C2H6/c1-6(2)7-4-3-5-8-7;2*1-2/h3-5H,1H2,2H3;2*1-2H3. The SMILES string of the molecule is C=C(C)c1ccco1.CC.CC. The summed E-state index contributed by atoms with van der Waals surface area (Å²) in [5, 5.41) is 0. The van der Waals surface area contributed by atoms with Crippen LogP contribution in [0.1, 0.15) is 40.4 Å². The molecule has 0 fully saturated rings. The number of hydrogen-bond acceptors (Lipinski definition) is 1. The topological polar surface area (TPSA) is 13.1 Å². The van der Waals surface area contributed by atoms with Gasteiger partial charge in [-0.3, -0.25) is 0 Å². The summed E-state index contributed by atoms with van der Waals surface area (Å²) >= 11 is 0. The number of allylic oxidation sites excluding steroid dienone is 1. The first-order valence-electron chi connectivity index (χ1n) is 4.50. The van der Waals surface area contributed by atoms with E-state index in [1.807, 2.05) is 46.8 Å². The van der Waals surface area contributed by atoms with Gasteiger partial charge in [0.1, 0.15) is 5.76 Å². The summed E-state index contributed by atoms with van der Waals surface area (Å²) in [7, 11) is 0. The van der Waals surface area contributed by atoms with Crippen LogP contribution in [0, 0.1) is 0 Å². The van der Waals surface area contributed by atoms with E-state index in [0.717, 1.165) is 11.3 Å². The Hall–Kier alpha value is -0.980. The van der Waals surface area contributed by atoms with Gasteiger partial charge in [0.15, 0.2) is 0 Å². The lowest BCUT2D eigenvalue weighted by atomic mass is 10.3. The van der Waals surface area contributed by atoms with Gasteiger partial charge in [-0.2, -0.15) is 0 Å². The molecule has 0 N–H and O–H groups in total. The summed E-state index contributed by atoms with van der Waals surface area (Å²) in [6.45, 7) is 13.6. The zero-order valence-corrected chi connectivity index (χ0v) is 8.85. The lowest BCUT2D eigenvalue weighted by Crippen LogP contribution is -1.65. The van der Waals surface area contributed by atoms with Crippen molar-refractivity contribution in [1.29, 1.82) is 0 Å². The Morgan fingerprint density at radius 2 is 1.75 bits per heavy atom. The van der Waals surface area contributed by atoms with Crippen LogP contribution in [0.5, 0.6) is 0 Å². The molecule has 0 saturated heterocycles. The summed E-state index contributed by atoms with van der Waals surface area (Å²) in [5.41, 5.74) is 0.968. The van der Waals surface area contributed by atoms with Gasteiger partial charge in [0.2, 0.25) is 0 Å². The molecule has 0 unspecified atom stereocenters. The largest absolute Gasteiger partial charge is 0.465 e. The van der Waals surface area contributed by atoms with E-state index >= 15 is 0 Å². The van der Waals surface area contributed by atoms with Crippen molar-refractivity contribution in [3.05, 3.63) is 30.7 Å². The number of hydrogen-bond donors (Lipinski definition) is 0. The van der Waals surface area contributed by atoms with E-state index in [0.29, 0.717) is 0 Å². The first-order chi connectivity index (χ1) is 5.80. The maximum absolute atomic E-state index is 5.00. The third-order valence-corrected chi connectivity index (χ3v) is 0.942. The fourth-order valence-electron chi connectivity index (χ4n) is 0.521. The minimum atomic E-state index is 0.866. The summed E-state index contributed by atoms with van der Waals surface area (Å²) in [4.78, 5) is 0. The van der Waals surface area contributed by atoms with Crippen LogP contribution in [-0.4, -0.2) is 0 Å². The van der Waals surface area contributed by atoms with Gasteiger partial charge in [-0.15, -0.1) is 0 Å².